The monoisotopic (exact) mass is 163 g/mol. The molecule has 2 nitrogen and oxygen atoms in total. The highest BCUT2D eigenvalue weighted by molar-refractivity contribution is 5.44. The first-order chi connectivity index (χ1) is 5.84. The minimum Gasteiger partial charge on any atom is -0.375 e. The summed E-state index contributed by atoms with van der Waals surface area (Å²) in [5.74, 6) is 0. The number of anilines is 1. The summed E-state index contributed by atoms with van der Waals surface area (Å²) in [6, 6.07) is 10.3. The van der Waals surface area contributed by atoms with E-state index in [1.54, 1.807) is 0 Å². The van der Waals surface area contributed by atoms with Gasteiger partial charge in [-0.05, 0) is 18.6 Å². The summed E-state index contributed by atoms with van der Waals surface area (Å²) in [5, 5.41) is 0. The van der Waals surface area contributed by atoms with Crippen molar-refractivity contribution >= 4 is 5.69 Å². The van der Waals surface area contributed by atoms with Gasteiger partial charge in [-0.15, -0.1) is 0 Å². The molecule has 1 N–H and O–H groups in total. The Morgan fingerprint density at radius 1 is 1.25 bits per heavy atom. The van der Waals surface area contributed by atoms with E-state index in [1.807, 2.05) is 18.2 Å². The van der Waals surface area contributed by atoms with Crippen LogP contribution in [0.25, 0.3) is 0 Å². The van der Waals surface area contributed by atoms with Crippen LogP contribution in [0.4, 0.5) is 5.69 Å². The molecule has 0 aliphatic heterocycles. The molecule has 0 aliphatic rings. The third-order valence-electron chi connectivity index (χ3n) is 1.87. The van der Waals surface area contributed by atoms with E-state index in [-0.39, 0.29) is 0 Å². The van der Waals surface area contributed by atoms with Gasteiger partial charge >= 0.3 is 0 Å². The Kier molecular flexibility index (Phi) is 3.61. The lowest BCUT2D eigenvalue weighted by Crippen LogP contribution is -2.19. The smallest absolute Gasteiger partial charge is 0.0363 e. The fraction of sp³-hybridized carbons (Fsp3) is 0.400. The SMILES string of the molecule is CN(CCC[NH])c1ccccc1. The van der Waals surface area contributed by atoms with E-state index in [4.69, 9.17) is 5.73 Å². The van der Waals surface area contributed by atoms with Gasteiger partial charge in [-0.2, -0.15) is 0 Å². The van der Waals surface area contributed by atoms with E-state index in [0.717, 1.165) is 13.0 Å². The third-order valence-corrected chi connectivity index (χ3v) is 1.87. The molecule has 0 bridgehead atoms. The summed E-state index contributed by atoms with van der Waals surface area (Å²) in [5.41, 5.74) is 8.26. The normalized spacial score (nSPS) is 9.83. The topological polar surface area (TPSA) is 27.0 Å². The maximum absolute atomic E-state index is 7.03. The van der Waals surface area contributed by atoms with Gasteiger partial charge in [0.15, 0.2) is 0 Å². The molecule has 0 fully saturated rings. The van der Waals surface area contributed by atoms with E-state index in [1.165, 1.54) is 5.69 Å². The van der Waals surface area contributed by atoms with Crippen molar-refractivity contribution in [1.29, 1.82) is 0 Å². The fourth-order valence-corrected chi connectivity index (χ4v) is 1.13. The summed E-state index contributed by atoms with van der Waals surface area (Å²) in [7, 11) is 2.06. The number of nitrogens with one attached hydrogen (secondary N) is 1. The lowest BCUT2D eigenvalue weighted by atomic mass is 10.3. The maximum Gasteiger partial charge on any atom is 0.0363 e. The molecule has 12 heavy (non-hydrogen) atoms. The van der Waals surface area contributed by atoms with Crippen LogP contribution in [0.2, 0.25) is 0 Å². The summed E-state index contributed by atoms with van der Waals surface area (Å²) < 4.78 is 0. The quantitative estimate of drug-likeness (QED) is 0.665. The van der Waals surface area contributed by atoms with Gasteiger partial charge in [-0.3, -0.25) is 5.73 Å². The predicted molar refractivity (Wildman–Crippen MR) is 52.3 cm³/mol. The molecule has 0 spiro atoms. The van der Waals surface area contributed by atoms with Crippen LogP contribution in [0.5, 0.6) is 0 Å². The molecule has 2 heteroatoms. The van der Waals surface area contributed by atoms with Gasteiger partial charge in [0.2, 0.25) is 0 Å². The predicted octanol–water partition coefficient (Wildman–Crippen LogP) is 1.80. The van der Waals surface area contributed by atoms with Crippen LogP contribution in [0.1, 0.15) is 6.42 Å². The van der Waals surface area contributed by atoms with Gasteiger partial charge in [-0.25, -0.2) is 0 Å². The largest absolute Gasteiger partial charge is 0.375 e. The standard InChI is InChI=1S/C10H15N2/c1-12(9-5-8-11)10-6-3-2-4-7-10/h2-4,6-7,11H,5,8-9H2,1H3. The molecular formula is C10H15N2. The van der Waals surface area contributed by atoms with Gasteiger partial charge in [-0.1, -0.05) is 18.2 Å². The molecule has 1 radical (unpaired) electrons. The molecule has 0 saturated heterocycles. The Bertz CT molecular complexity index is 208. The van der Waals surface area contributed by atoms with Crippen molar-refractivity contribution in [2.45, 2.75) is 6.42 Å². The zero-order valence-electron chi connectivity index (χ0n) is 7.46. The van der Waals surface area contributed by atoms with Crippen molar-refractivity contribution in [3.8, 4) is 0 Å². The third kappa shape index (κ3) is 2.55. The first kappa shape index (κ1) is 9.07. The minimum atomic E-state index is 0.511. The van der Waals surface area contributed by atoms with Crippen molar-refractivity contribution in [2.75, 3.05) is 25.0 Å². The van der Waals surface area contributed by atoms with E-state index in [2.05, 4.69) is 24.1 Å². The molecule has 0 heterocycles. The number of nitrogens with zero attached hydrogens (tertiary/aromatic N) is 1. The fourth-order valence-electron chi connectivity index (χ4n) is 1.13. The molecule has 0 unspecified atom stereocenters. The van der Waals surface area contributed by atoms with Crippen LogP contribution in [0, 0.1) is 0 Å². The molecule has 0 amide bonds. The second-order valence-corrected chi connectivity index (χ2v) is 2.86. The number of hydrogen-bond acceptors (Lipinski definition) is 1. The van der Waals surface area contributed by atoms with E-state index in [9.17, 15) is 0 Å². The van der Waals surface area contributed by atoms with Crippen LogP contribution < -0.4 is 10.6 Å². The van der Waals surface area contributed by atoms with Gasteiger partial charge in [0.25, 0.3) is 0 Å². The van der Waals surface area contributed by atoms with Crippen LogP contribution in [0.3, 0.4) is 0 Å². The lowest BCUT2D eigenvalue weighted by molar-refractivity contribution is 0.784. The highest BCUT2D eigenvalue weighted by atomic mass is 15.1. The van der Waals surface area contributed by atoms with E-state index < -0.39 is 0 Å². The van der Waals surface area contributed by atoms with Crippen LogP contribution in [0.15, 0.2) is 30.3 Å². The Hall–Kier alpha value is -1.02. The van der Waals surface area contributed by atoms with Gasteiger partial charge in [0.1, 0.15) is 0 Å². The highest BCUT2D eigenvalue weighted by Gasteiger charge is 1.96. The van der Waals surface area contributed by atoms with E-state index in [0.29, 0.717) is 6.54 Å². The average Bonchev–Trinajstić information content (AvgIpc) is 2.15. The first-order valence-corrected chi connectivity index (χ1v) is 4.25. The van der Waals surface area contributed by atoms with Gasteiger partial charge in [0.05, 0.1) is 0 Å². The molecule has 1 aromatic carbocycles. The van der Waals surface area contributed by atoms with Crippen LogP contribution >= 0.6 is 0 Å². The minimum absolute atomic E-state index is 0.511. The molecular weight excluding hydrogens is 148 g/mol. The van der Waals surface area contributed by atoms with Crippen molar-refractivity contribution in [2.24, 2.45) is 0 Å². The zero-order chi connectivity index (χ0) is 8.81. The Morgan fingerprint density at radius 3 is 2.50 bits per heavy atom. The summed E-state index contributed by atoms with van der Waals surface area (Å²) in [4.78, 5) is 2.18. The maximum atomic E-state index is 7.03. The van der Waals surface area contributed by atoms with Crippen LogP contribution in [-0.2, 0) is 0 Å². The van der Waals surface area contributed by atoms with Crippen LogP contribution in [-0.4, -0.2) is 20.1 Å². The molecule has 0 saturated carbocycles. The second kappa shape index (κ2) is 4.78. The van der Waals surface area contributed by atoms with E-state index >= 15 is 0 Å². The summed E-state index contributed by atoms with van der Waals surface area (Å²) >= 11 is 0. The van der Waals surface area contributed by atoms with Crippen molar-refractivity contribution in [3.63, 3.8) is 0 Å². The Labute approximate surface area is 74.0 Å². The van der Waals surface area contributed by atoms with Gasteiger partial charge < -0.3 is 4.90 Å². The second-order valence-electron chi connectivity index (χ2n) is 2.86. The lowest BCUT2D eigenvalue weighted by Gasteiger charge is -2.18. The molecule has 65 valence electrons. The molecule has 0 aromatic heterocycles. The number of hydrogen-bond donors (Lipinski definition) is 0. The Balaban J connectivity index is 2.48. The average molecular weight is 163 g/mol. The molecule has 1 rings (SSSR count). The first-order valence-electron chi connectivity index (χ1n) is 4.25. The molecule has 0 aliphatic carbocycles. The van der Waals surface area contributed by atoms with Crippen molar-refractivity contribution in [3.05, 3.63) is 30.3 Å². The van der Waals surface area contributed by atoms with Crippen molar-refractivity contribution in [1.82, 2.24) is 5.73 Å². The Morgan fingerprint density at radius 2 is 1.92 bits per heavy atom. The van der Waals surface area contributed by atoms with Gasteiger partial charge in [0, 0.05) is 25.8 Å². The highest BCUT2D eigenvalue weighted by Crippen LogP contribution is 2.10. The summed E-state index contributed by atoms with van der Waals surface area (Å²) in [6.45, 7) is 1.48. The zero-order valence-corrected chi connectivity index (χ0v) is 7.46. The van der Waals surface area contributed by atoms with Crippen molar-refractivity contribution < 1.29 is 0 Å². The number of benzene rings is 1. The molecule has 1 aromatic rings. The molecule has 0 atom stereocenters. The number of para-hydroxylation sites is 1. The number of rotatable bonds is 4. The summed E-state index contributed by atoms with van der Waals surface area (Å²) in [6.07, 6.45) is 0.936.